The Morgan fingerprint density at radius 3 is 2.65 bits per heavy atom. The molecule has 3 rings (SSSR count). The summed E-state index contributed by atoms with van der Waals surface area (Å²) in [7, 11) is 1.65. The second-order valence-corrected chi connectivity index (χ2v) is 9.11. The Bertz CT molecular complexity index is 1050. The van der Waals surface area contributed by atoms with Gasteiger partial charge in [-0.3, -0.25) is 14.2 Å². The van der Waals surface area contributed by atoms with E-state index in [4.69, 9.17) is 24.7 Å². The molecule has 0 saturated carbocycles. The summed E-state index contributed by atoms with van der Waals surface area (Å²) in [5.74, 6) is -0.648. The molecule has 3 heterocycles. The molecule has 1 fully saturated rings. The number of halogens is 1. The van der Waals surface area contributed by atoms with Gasteiger partial charge in [0.1, 0.15) is 18.8 Å². The molecule has 2 aromatic heterocycles. The number of nitrogens with zero attached hydrogens (tertiary/aromatic N) is 4. The molecule has 188 valence electrons. The summed E-state index contributed by atoms with van der Waals surface area (Å²) in [6.45, 7) is 7.23. The smallest absolute Gasteiger partial charge is 0.313 e. The van der Waals surface area contributed by atoms with Gasteiger partial charge >= 0.3 is 11.9 Å². The third-order valence-electron chi connectivity index (χ3n) is 5.36. The largest absolute Gasteiger partial charge is 0.463 e. The van der Waals surface area contributed by atoms with Crippen LogP contribution < -0.4 is 11.1 Å². The van der Waals surface area contributed by atoms with Crippen molar-refractivity contribution in [3.05, 3.63) is 6.33 Å². The normalized spacial score (nSPS) is 24.9. The van der Waals surface area contributed by atoms with Crippen LogP contribution in [0.4, 0.5) is 16.2 Å². The van der Waals surface area contributed by atoms with Crippen LogP contribution in [0.5, 0.6) is 0 Å². The first kappa shape index (κ1) is 25.6. The first-order chi connectivity index (χ1) is 15.9. The van der Waals surface area contributed by atoms with Crippen LogP contribution >= 0.6 is 0 Å². The molecule has 1 saturated heterocycles. The van der Waals surface area contributed by atoms with E-state index in [1.54, 1.807) is 34.7 Å². The number of alkyl halides is 1. The summed E-state index contributed by atoms with van der Waals surface area (Å²) in [4.78, 5) is 36.3. The number of nitrogens with one attached hydrogen (secondary N) is 1. The number of carbonyl (C=O) groups is 2. The Labute approximate surface area is 196 Å². The number of fused-ring (bicyclic) bond motifs is 1. The number of ether oxygens (including phenoxy) is 4. The third kappa shape index (κ3) is 5.04. The predicted molar refractivity (Wildman–Crippen MR) is 119 cm³/mol. The van der Waals surface area contributed by atoms with Crippen LogP contribution in [-0.2, 0) is 28.5 Å². The molecule has 3 N–H and O–H groups in total. The van der Waals surface area contributed by atoms with Crippen molar-refractivity contribution in [3.8, 4) is 0 Å². The SMILES string of the molecule is CCC(=O)OC[C@H]1O[C@@H](n2cnc3c(NC)nc(N)nc32)[C@](C)(F)[C@@H]1OCOC(=O)C(C)(C)C. The van der Waals surface area contributed by atoms with Crippen LogP contribution in [0, 0.1) is 5.41 Å². The molecular weight excluding hydrogens is 451 g/mol. The highest BCUT2D eigenvalue weighted by Crippen LogP contribution is 2.44. The van der Waals surface area contributed by atoms with Crippen molar-refractivity contribution in [2.24, 2.45) is 5.41 Å². The number of nitrogens with two attached hydrogens (primary N) is 1. The van der Waals surface area contributed by atoms with Crippen LogP contribution in [0.15, 0.2) is 6.33 Å². The quantitative estimate of drug-likeness (QED) is 0.419. The number of aromatic nitrogens is 4. The minimum Gasteiger partial charge on any atom is -0.463 e. The standard InChI is InChI=1S/C21H31FN6O6/c1-7-12(29)31-8-11-14(32-10-33-18(30)20(2,3)4)21(5,22)17(34-11)28-9-25-13-15(24-6)26-19(23)27-16(13)28/h9,11,14,17H,7-8,10H2,1-6H3,(H3,23,24,26,27)/t11-,14-,17-,21-/m1/s1. The maximum absolute atomic E-state index is 16.3. The lowest BCUT2D eigenvalue weighted by molar-refractivity contribution is -0.180. The molecule has 1 aliphatic heterocycles. The number of hydrogen-bond donors (Lipinski definition) is 2. The average molecular weight is 483 g/mol. The van der Waals surface area contributed by atoms with Gasteiger partial charge in [0.15, 0.2) is 35.7 Å². The number of hydrogen-bond acceptors (Lipinski definition) is 11. The molecule has 12 nitrogen and oxygen atoms in total. The molecular formula is C21H31FN6O6. The molecule has 4 atom stereocenters. The molecule has 1 aliphatic rings. The fraction of sp³-hybridized carbons (Fsp3) is 0.667. The number of rotatable bonds is 8. The van der Waals surface area contributed by atoms with E-state index in [0.717, 1.165) is 0 Å². The second-order valence-electron chi connectivity index (χ2n) is 9.11. The highest BCUT2D eigenvalue weighted by Gasteiger charge is 2.57. The Kier molecular flexibility index (Phi) is 7.26. The van der Waals surface area contributed by atoms with Gasteiger partial charge in [-0.05, 0) is 27.7 Å². The van der Waals surface area contributed by atoms with Gasteiger partial charge in [-0.25, -0.2) is 9.37 Å². The maximum Gasteiger partial charge on any atom is 0.313 e. The average Bonchev–Trinajstić information content (AvgIpc) is 3.28. The molecule has 0 spiro atoms. The topological polar surface area (TPSA) is 153 Å². The number of nitrogen functional groups attached to an aromatic ring is 1. The van der Waals surface area contributed by atoms with Crippen molar-refractivity contribution >= 4 is 34.9 Å². The van der Waals surface area contributed by atoms with Gasteiger partial charge in [0.2, 0.25) is 5.95 Å². The molecule has 2 aromatic rings. The monoisotopic (exact) mass is 482 g/mol. The van der Waals surface area contributed by atoms with E-state index in [0.29, 0.717) is 11.3 Å². The van der Waals surface area contributed by atoms with Crippen molar-refractivity contribution in [3.63, 3.8) is 0 Å². The summed E-state index contributed by atoms with van der Waals surface area (Å²) < 4.78 is 39.6. The van der Waals surface area contributed by atoms with Crippen molar-refractivity contribution in [2.75, 3.05) is 31.5 Å². The number of carbonyl (C=O) groups excluding carboxylic acids is 2. The predicted octanol–water partition coefficient (Wildman–Crippen LogP) is 1.96. The van der Waals surface area contributed by atoms with E-state index in [1.165, 1.54) is 17.8 Å². The summed E-state index contributed by atoms with van der Waals surface area (Å²) >= 11 is 0. The van der Waals surface area contributed by atoms with Gasteiger partial charge in [0.25, 0.3) is 0 Å². The molecule has 0 amide bonds. The Balaban J connectivity index is 1.90. The van der Waals surface area contributed by atoms with Gasteiger partial charge in [-0.2, -0.15) is 9.97 Å². The van der Waals surface area contributed by atoms with Crippen LogP contribution in [0.25, 0.3) is 11.2 Å². The molecule has 0 bridgehead atoms. The first-order valence-electron chi connectivity index (χ1n) is 10.9. The van der Waals surface area contributed by atoms with Crippen LogP contribution in [0.1, 0.15) is 47.3 Å². The fourth-order valence-corrected chi connectivity index (χ4v) is 3.54. The van der Waals surface area contributed by atoms with Gasteiger partial charge < -0.3 is 30.0 Å². The molecule has 0 unspecified atom stereocenters. The first-order valence-corrected chi connectivity index (χ1v) is 10.9. The summed E-state index contributed by atoms with van der Waals surface area (Å²) in [5.41, 5.74) is 3.50. The van der Waals surface area contributed by atoms with Crippen molar-refractivity contribution in [2.45, 2.75) is 65.1 Å². The van der Waals surface area contributed by atoms with Crippen LogP contribution in [0.2, 0.25) is 0 Å². The molecule has 0 aliphatic carbocycles. The number of anilines is 2. The Hall–Kier alpha value is -3.06. The van der Waals surface area contributed by atoms with E-state index < -0.39 is 48.3 Å². The van der Waals surface area contributed by atoms with E-state index in [2.05, 4.69) is 20.3 Å². The van der Waals surface area contributed by atoms with Crippen molar-refractivity contribution < 1.29 is 32.9 Å². The maximum atomic E-state index is 16.3. The summed E-state index contributed by atoms with van der Waals surface area (Å²) in [6.07, 6.45) is -1.99. The zero-order chi connectivity index (χ0) is 25.3. The minimum absolute atomic E-state index is 0.0347. The Morgan fingerprint density at radius 1 is 1.32 bits per heavy atom. The van der Waals surface area contributed by atoms with Gasteiger partial charge in [-0.1, -0.05) is 6.92 Å². The molecule has 13 heteroatoms. The van der Waals surface area contributed by atoms with Crippen LogP contribution in [0.3, 0.4) is 0 Å². The van der Waals surface area contributed by atoms with Gasteiger partial charge in [-0.15, -0.1) is 0 Å². The van der Waals surface area contributed by atoms with E-state index in [9.17, 15) is 9.59 Å². The van der Waals surface area contributed by atoms with E-state index >= 15 is 4.39 Å². The summed E-state index contributed by atoms with van der Waals surface area (Å²) in [5, 5.41) is 2.87. The lowest BCUT2D eigenvalue weighted by Crippen LogP contribution is -2.44. The minimum atomic E-state index is -2.16. The van der Waals surface area contributed by atoms with Crippen LogP contribution in [-0.4, -0.2) is 69.8 Å². The summed E-state index contributed by atoms with van der Waals surface area (Å²) in [6, 6.07) is 0. The lowest BCUT2D eigenvalue weighted by atomic mass is 9.97. The van der Waals surface area contributed by atoms with Crippen molar-refractivity contribution in [1.29, 1.82) is 0 Å². The molecule has 0 aromatic carbocycles. The molecule has 34 heavy (non-hydrogen) atoms. The number of esters is 2. The third-order valence-corrected chi connectivity index (χ3v) is 5.36. The van der Waals surface area contributed by atoms with E-state index in [-0.39, 0.29) is 24.6 Å². The fourth-order valence-electron chi connectivity index (χ4n) is 3.54. The van der Waals surface area contributed by atoms with Crippen molar-refractivity contribution in [1.82, 2.24) is 19.5 Å². The Morgan fingerprint density at radius 2 is 2.03 bits per heavy atom. The van der Waals surface area contributed by atoms with E-state index in [1.807, 2.05) is 0 Å². The van der Waals surface area contributed by atoms with Gasteiger partial charge in [0.05, 0.1) is 11.7 Å². The molecule has 0 radical (unpaired) electrons. The zero-order valence-electron chi connectivity index (χ0n) is 20.1. The second kappa shape index (κ2) is 9.66. The van der Waals surface area contributed by atoms with Gasteiger partial charge in [0, 0.05) is 13.5 Å². The highest BCUT2D eigenvalue weighted by atomic mass is 19.1. The lowest BCUT2D eigenvalue weighted by Gasteiger charge is -2.28. The number of imidazole rings is 1. The highest BCUT2D eigenvalue weighted by molar-refractivity contribution is 5.84. The zero-order valence-corrected chi connectivity index (χ0v) is 20.1.